The molecule has 0 atom stereocenters. The molecule has 0 fully saturated rings. The summed E-state index contributed by atoms with van der Waals surface area (Å²) in [6, 6.07) is 8.55. The van der Waals surface area contributed by atoms with E-state index in [9.17, 15) is 8.42 Å². The lowest BCUT2D eigenvalue weighted by molar-refractivity contribution is 0.177. The Morgan fingerprint density at radius 1 is 1.36 bits per heavy atom. The maximum Gasteiger partial charge on any atom is 0.244 e. The average molecular weight is 425 g/mol. The fourth-order valence-electron chi connectivity index (χ4n) is 1.88. The summed E-state index contributed by atoms with van der Waals surface area (Å²) in [5, 5.41) is 2.12. The second kappa shape index (κ2) is 7.90. The van der Waals surface area contributed by atoms with Crippen LogP contribution in [0.2, 0.25) is 5.02 Å². The van der Waals surface area contributed by atoms with E-state index in [1.165, 1.54) is 21.7 Å². The second-order valence-corrected chi connectivity index (χ2v) is 8.75. The van der Waals surface area contributed by atoms with Crippen molar-refractivity contribution < 1.29 is 13.2 Å². The van der Waals surface area contributed by atoms with Crippen molar-refractivity contribution in [3.05, 3.63) is 50.1 Å². The number of hydrogen-bond acceptors (Lipinski definition) is 4. The molecule has 0 radical (unpaired) electrons. The van der Waals surface area contributed by atoms with Crippen LogP contribution in [0, 0.1) is 0 Å². The van der Waals surface area contributed by atoms with Crippen LogP contribution in [0.15, 0.2) is 45.1 Å². The molecule has 0 spiro atoms. The fraction of sp³-hybridized carbons (Fsp3) is 0.286. The molecule has 0 unspecified atom stereocenters. The lowest BCUT2D eigenvalue weighted by Crippen LogP contribution is -2.33. The Hall–Kier alpha value is -0.440. The number of halogens is 2. The zero-order valence-corrected chi connectivity index (χ0v) is 15.8. The van der Waals surface area contributed by atoms with Gasteiger partial charge in [-0.05, 0) is 29.6 Å². The molecule has 0 saturated heterocycles. The van der Waals surface area contributed by atoms with E-state index in [4.69, 9.17) is 16.3 Å². The predicted octanol–water partition coefficient (Wildman–Crippen LogP) is 4.00. The number of nitrogens with zero attached hydrogens (tertiary/aromatic N) is 1. The lowest BCUT2D eigenvalue weighted by atomic mass is 10.4. The van der Waals surface area contributed by atoms with Crippen molar-refractivity contribution in [1.29, 1.82) is 0 Å². The number of methoxy groups -OCH3 is 1. The molecule has 0 saturated carbocycles. The van der Waals surface area contributed by atoms with Crippen molar-refractivity contribution >= 4 is 48.9 Å². The third-order valence-electron chi connectivity index (χ3n) is 2.97. The molecule has 1 aromatic carbocycles. The highest BCUT2D eigenvalue weighted by atomic mass is 79.9. The van der Waals surface area contributed by atoms with E-state index >= 15 is 0 Å². The van der Waals surface area contributed by atoms with Gasteiger partial charge >= 0.3 is 0 Å². The first-order chi connectivity index (χ1) is 10.4. The number of ether oxygens (including phenoxy) is 1. The van der Waals surface area contributed by atoms with Crippen LogP contribution in [0.25, 0.3) is 0 Å². The molecule has 0 N–H and O–H groups in total. The number of thiophene rings is 1. The van der Waals surface area contributed by atoms with Crippen LogP contribution in [0.1, 0.15) is 4.88 Å². The van der Waals surface area contributed by atoms with Gasteiger partial charge in [-0.3, -0.25) is 0 Å². The first-order valence-electron chi connectivity index (χ1n) is 6.41. The van der Waals surface area contributed by atoms with Crippen LogP contribution in [-0.4, -0.2) is 33.0 Å². The summed E-state index contributed by atoms with van der Waals surface area (Å²) in [7, 11) is -2.15. The Kier molecular flexibility index (Phi) is 6.43. The van der Waals surface area contributed by atoms with Gasteiger partial charge in [0.15, 0.2) is 0 Å². The van der Waals surface area contributed by atoms with Crippen LogP contribution in [0.4, 0.5) is 0 Å². The van der Waals surface area contributed by atoms with Gasteiger partial charge in [0.1, 0.15) is 4.90 Å². The lowest BCUT2D eigenvalue weighted by Gasteiger charge is -2.22. The predicted molar refractivity (Wildman–Crippen MR) is 92.9 cm³/mol. The van der Waals surface area contributed by atoms with Crippen LogP contribution in [0.3, 0.4) is 0 Å². The molecule has 0 aliphatic carbocycles. The summed E-state index contributed by atoms with van der Waals surface area (Å²) in [5.41, 5.74) is 0. The first-order valence-corrected chi connectivity index (χ1v) is 9.90. The molecule has 1 aromatic heterocycles. The SMILES string of the molecule is COCCN(Cc1cccs1)S(=O)(=O)c1ccc(Br)cc1Cl. The molecule has 2 rings (SSSR count). The molecule has 2 aromatic rings. The van der Waals surface area contributed by atoms with E-state index < -0.39 is 10.0 Å². The summed E-state index contributed by atoms with van der Waals surface area (Å²) in [6.07, 6.45) is 0. The molecule has 22 heavy (non-hydrogen) atoms. The van der Waals surface area contributed by atoms with Crippen LogP contribution in [0.5, 0.6) is 0 Å². The Balaban J connectivity index is 2.35. The van der Waals surface area contributed by atoms with Crippen molar-refractivity contribution in [2.24, 2.45) is 0 Å². The number of hydrogen-bond donors (Lipinski definition) is 0. The normalized spacial score (nSPS) is 12.0. The highest BCUT2D eigenvalue weighted by molar-refractivity contribution is 9.10. The highest BCUT2D eigenvalue weighted by Crippen LogP contribution is 2.29. The van der Waals surface area contributed by atoms with E-state index in [0.29, 0.717) is 13.2 Å². The minimum absolute atomic E-state index is 0.102. The largest absolute Gasteiger partial charge is 0.383 e. The van der Waals surface area contributed by atoms with Gasteiger partial charge in [0, 0.05) is 29.5 Å². The average Bonchev–Trinajstić information content (AvgIpc) is 2.95. The molecule has 0 aliphatic heterocycles. The smallest absolute Gasteiger partial charge is 0.244 e. The van der Waals surface area contributed by atoms with Gasteiger partial charge in [0.2, 0.25) is 10.0 Å². The summed E-state index contributed by atoms with van der Waals surface area (Å²) in [6.45, 7) is 0.887. The van der Waals surface area contributed by atoms with Crippen molar-refractivity contribution in [2.75, 3.05) is 20.3 Å². The van der Waals surface area contributed by atoms with Crippen LogP contribution < -0.4 is 0 Å². The maximum absolute atomic E-state index is 12.9. The topological polar surface area (TPSA) is 46.6 Å². The molecule has 8 heteroatoms. The van der Waals surface area contributed by atoms with E-state index in [0.717, 1.165) is 9.35 Å². The van der Waals surface area contributed by atoms with Gasteiger partial charge in [0.25, 0.3) is 0 Å². The number of sulfonamides is 1. The van der Waals surface area contributed by atoms with E-state index in [2.05, 4.69) is 15.9 Å². The second-order valence-electron chi connectivity index (χ2n) is 4.49. The fourth-order valence-corrected chi connectivity index (χ4v) is 5.09. The zero-order valence-electron chi connectivity index (χ0n) is 11.8. The molecule has 120 valence electrons. The Bertz CT molecular complexity index is 720. The zero-order chi connectivity index (χ0) is 16.2. The number of rotatable bonds is 7. The molecule has 0 aliphatic rings. The molecule has 1 heterocycles. The van der Waals surface area contributed by atoms with Gasteiger partial charge in [-0.1, -0.05) is 33.6 Å². The quantitative estimate of drug-likeness (QED) is 0.675. The van der Waals surface area contributed by atoms with Crippen LogP contribution in [-0.2, 0) is 21.3 Å². The summed E-state index contributed by atoms with van der Waals surface area (Å²) < 4.78 is 32.9. The van der Waals surface area contributed by atoms with Crippen molar-refractivity contribution in [1.82, 2.24) is 4.31 Å². The van der Waals surface area contributed by atoms with E-state index in [-0.39, 0.29) is 16.5 Å². The van der Waals surface area contributed by atoms with Gasteiger partial charge in [0.05, 0.1) is 11.6 Å². The monoisotopic (exact) mass is 423 g/mol. The van der Waals surface area contributed by atoms with E-state index in [1.54, 1.807) is 19.2 Å². The van der Waals surface area contributed by atoms with Crippen molar-refractivity contribution in [2.45, 2.75) is 11.4 Å². The summed E-state index contributed by atoms with van der Waals surface area (Å²) >= 11 is 10.9. The highest BCUT2D eigenvalue weighted by Gasteiger charge is 2.27. The van der Waals surface area contributed by atoms with Gasteiger partial charge in [-0.15, -0.1) is 11.3 Å². The molecule has 0 bridgehead atoms. The summed E-state index contributed by atoms with van der Waals surface area (Å²) in [5.74, 6) is 0. The van der Waals surface area contributed by atoms with Gasteiger partial charge < -0.3 is 4.74 Å². The standard InChI is InChI=1S/C14H15BrClNO3S2/c1-20-7-6-17(10-12-3-2-8-21-12)22(18,19)14-5-4-11(15)9-13(14)16/h2-5,8-9H,6-7,10H2,1H3. The Labute approximate surface area is 147 Å². The summed E-state index contributed by atoms with van der Waals surface area (Å²) in [4.78, 5) is 1.07. The molecular weight excluding hydrogens is 410 g/mol. The first kappa shape index (κ1) is 17.9. The van der Waals surface area contributed by atoms with Crippen LogP contribution >= 0.6 is 38.9 Å². The number of benzene rings is 1. The van der Waals surface area contributed by atoms with Crippen molar-refractivity contribution in [3.8, 4) is 0 Å². The van der Waals surface area contributed by atoms with Gasteiger partial charge in [-0.25, -0.2) is 8.42 Å². The van der Waals surface area contributed by atoms with Crippen molar-refractivity contribution in [3.63, 3.8) is 0 Å². The van der Waals surface area contributed by atoms with Gasteiger partial charge in [-0.2, -0.15) is 4.31 Å². The Morgan fingerprint density at radius 3 is 2.73 bits per heavy atom. The third kappa shape index (κ3) is 4.31. The maximum atomic E-state index is 12.9. The molecule has 4 nitrogen and oxygen atoms in total. The minimum atomic E-state index is -3.69. The molecule has 0 amide bonds. The Morgan fingerprint density at radius 2 is 2.14 bits per heavy atom. The molecular formula is C14H15BrClNO3S2. The van der Waals surface area contributed by atoms with E-state index in [1.807, 2.05) is 17.5 Å². The minimum Gasteiger partial charge on any atom is -0.383 e. The third-order valence-corrected chi connectivity index (χ3v) is 6.65.